The fourth-order valence-corrected chi connectivity index (χ4v) is 4.44. The quantitative estimate of drug-likeness (QED) is 0.0500. The fourth-order valence-electron chi connectivity index (χ4n) is 4.44. The number of nitrogens with one attached hydrogen (secondary N) is 1. The van der Waals surface area contributed by atoms with E-state index in [0.717, 1.165) is 17.6 Å². The number of aliphatic hydroxyl groups excluding tert-OH is 2. The standard InChI is InChI=1S/C31H54N4O9/c1-31(2,3)34-26(22-36)18-25(32)21-35(33)9-11-39-12-13-40-14-15-41-16-17-42-28-6-4-24(5-7-28)8-10-43-30-20-27(38)19-29(23-37)44-30/h4-7,21-22,26-27,29-30,34,37-38H,8-20,23,32-33H2,1-3H3/b25-21-. The average Bonchev–Trinajstić information content (AvgIpc) is 2.97. The molecule has 1 aliphatic heterocycles. The summed E-state index contributed by atoms with van der Waals surface area (Å²) in [4.78, 5) is 11.3. The highest BCUT2D eigenvalue weighted by Gasteiger charge is 2.28. The smallest absolute Gasteiger partial charge is 0.160 e. The van der Waals surface area contributed by atoms with Gasteiger partial charge >= 0.3 is 0 Å². The lowest BCUT2D eigenvalue weighted by Crippen LogP contribution is -2.45. The number of carbonyl (C=O) groups is 1. The highest BCUT2D eigenvalue weighted by molar-refractivity contribution is 5.58. The van der Waals surface area contributed by atoms with Crippen LogP contribution in [0.4, 0.5) is 0 Å². The van der Waals surface area contributed by atoms with E-state index in [2.05, 4.69) is 5.32 Å². The van der Waals surface area contributed by atoms with Crippen molar-refractivity contribution in [1.82, 2.24) is 10.3 Å². The van der Waals surface area contributed by atoms with Gasteiger partial charge in [0.15, 0.2) is 6.29 Å². The van der Waals surface area contributed by atoms with E-state index in [1.165, 1.54) is 5.01 Å². The zero-order valence-corrected chi connectivity index (χ0v) is 26.5. The van der Waals surface area contributed by atoms with Gasteiger partial charge in [0, 0.05) is 36.7 Å². The van der Waals surface area contributed by atoms with E-state index >= 15 is 0 Å². The number of carbonyl (C=O) groups excluding carboxylic acids is 1. The number of ether oxygens (including phenoxy) is 6. The van der Waals surface area contributed by atoms with Gasteiger partial charge in [0.2, 0.25) is 0 Å². The Morgan fingerprint density at radius 2 is 1.68 bits per heavy atom. The summed E-state index contributed by atoms with van der Waals surface area (Å²) in [5.41, 5.74) is 7.44. The average molecular weight is 627 g/mol. The Balaban J connectivity index is 1.42. The van der Waals surface area contributed by atoms with Crippen molar-refractivity contribution in [2.45, 2.75) is 76.5 Å². The normalized spacial score (nSPS) is 20.0. The molecule has 1 heterocycles. The third-order valence-electron chi connectivity index (χ3n) is 6.47. The van der Waals surface area contributed by atoms with Crippen LogP contribution in [0.3, 0.4) is 0 Å². The third kappa shape index (κ3) is 17.8. The number of rotatable bonds is 23. The predicted octanol–water partition coefficient (Wildman–Crippen LogP) is 0.854. The molecule has 1 aromatic rings. The monoisotopic (exact) mass is 626 g/mol. The van der Waals surface area contributed by atoms with Crippen molar-refractivity contribution in [2.24, 2.45) is 11.6 Å². The molecule has 0 amide bonds. The van der Waals surface area contributed by atoms with Crippen molar-refractivity contribution in [3.8, 4) is 5.75 Å². The maximum Gasteiger partial charge on any atom is 0.160 e. The van der Waals surface area contributed by atoms with E-state index < -0.39 is 12.4 Å². The lowest BCUT2D eigenvalue weighted by Gasteiger charge is -2.32. The minimum absolute atomic E-state index is 0.123. The highest BCUT2D eigenvalue weighted by Crippen LogP contribution is 2.21. The molecule has 4 unspecified atom stereocenters. The largest absolute Gasteiger partial charge is 0.491 e. The molecule has 0 radical (unpaired) electrons. The molecule has 0 bridgehead atoms. The zero-order valence-electron chi connectivity index (χ0n) is 26.5. The van der Waals surface area contributed by atoms with Gasteiger partial charge in [-0.05, 0) is 44.9 Å². The van der Waals surface area contributed by atoms with Crippen LogP contribution in [0, 0.1) is 0 Å². The Morgan fingerprint density at radius 3 is 2.30 bits per heavy atom. The molecule has 0 saturated carbocycles. The van der Waals surface area contributed by atoms with Crippen LogP contribution in [0.5, 0.6) is 5.75 Å². The van der Waals surface area contributed by atoms with Gasteiger partial charge in [-0.3, -0.25) is 0 Å². The molecule has 252 valence electrons. The van der Waals surface area contributed by atoms with Crippen molar-refractivity contribution in [1.29, 1.82) is 0 Å². The molecule has 44 heavy (non-hydrogen) atoms. The molecule has 0 aromatic heterocycles. The maximum atomic E-state index is 11.3. The first-order valence-electron chi connectivity index (χ1n) is 15.3. The van der Waals surface area contributed by atoms with Crippen molar-refractivity contribution < 1.29 is 43.4 Å². The number of aliphatic hydroxyl groups is 2. The van der Waals surface area contributed by atoms with Crippen molar-refractivity contribution in [3.63, 3.8) is 0 Å². The van der Waals surface area contributed by atoms with Gasteiger partial charge in [0.25, 0.3) is 0 Å². The molecule has 13 nitrogen and oxygen atoms in total. The highest BCUT2D eigenvalue weighted by atomic mass is 16.7. The summed E-state index contributed by atoms with van der Waals surface area (Å²) in [5, 5.41) is 23.8. The van der Waals surface area contributed by atoms with E-state index in [1.807, 2.05) is 45.0 Å². The Hall–Kier alpha value is -2.33. The van der Waals surface area contributed by atoms with Crippen LogP contribution in [-0.4, -0.2) is 118 Å². The molecule has 1 fully saturated rings. The molecule has 1 aromatic carbocycles. The van der Waals surface area contributed by atoms with E-state index in [1.54, 1.807) is 6.20 Å². The molecule has 7 N–H and O–H groups in total. The number of benzene rings is 1. The summed E-state index contributed by atoms with van der Waals surface area (Å²) in [6.45, 7) is 9.82. The van der Waals surface area contributed by atoms with Crippen molar-refractivity contribution >= 4 is 6.29 Å². The van der Waals surface area contributed by atoms with Crippen LogP contribution in [0.1, 0.15) is 45.6 Å². The van der Waals surface area contributed by atoms with Gasteiger partial charge in [-0.1, -0.05) is 12.1 Å². The first-order valence-corrected chi connectivity index (χ1v) is 15.3. The number of hydrazine groups is 1. The predicted molar refractivity (Wildman–Crippen MR) is 166 cm³/mol. The molecule has 0 aliphatic carbocycles. The van der Waals surface area contributed by atoms with Gasteiger partial charge in [0.05, 0.1) is 77.6 Å². The first kappa shape index (κ1) is 37.9. The van der Waals surface area contributed by atoms with Gasteiger partial charge in [0.1, 0.15) is 18.6 Å². The first-order chi connectivity index (χ1) is 21.1. The molecular weight excluding hydrogens is 572 g/mol. The van der Waals surface area contributed by atoms with Crippen LogP contribution < -0.4 is 21.6 Å². The second kappa shape index (κ2) is 21.4. The maximum absolute atomic E-state index is 11.3. The van der Waals surface area contributed by atoms with Crippen LogP contribution in [0.2, 0.25) is 0 Å². The van der Waals surface area contributed by atoms with Crippen LogP contribution >= 0.6 is 0 Å². The molecular formula is C31H54N4O9. The number of nitrogens with two attached hydrogens (primary N) is 2. The van der Waals surface area contributed by atoms with E-state index in [9.17, 15) is 15.0 Å². The summed E-state index contributed by atoms with van der Waals surface area (Å²) in [7, 11) is 0. The summed E-state index contributed by atoms with van der Waals surface area (Å²) in [6, 6.07) is 7.41. The van der Waals surface area contributed by atoms with Gasteiger partial charge in [-0.25, -0.2) is 5.84 Å². The SMILES string of the molecule is CC(C)(C)NC(C=O)C/C(N)=C/N(N)CCOCCOCCOCCOc1ccc(CCOC2CC(O)CC(CO)O2)cc1. The van der Waals surface area contributed by atoms with E-state index in [0.29, 0.717) is 90.8 Å². The zero-order chi connectivity index (χ0) is 32.2. The second-order valence-corrected chi connectivity index (χ2v) is 11.7. The number of aldehydes is 1. The molecule has 0 spiro atoms. The Kier molecular flexibility index (Phi) is 18.4. The summed E-state index contributed by atoms with van der Waals surface area (Å²) in [6.07, 6.45) is 3.01. The molecule has 1 aliphatic rings. The third-order valence-corrected chi connectivity index (χ3v) is 6.47. The number of hydrogen-bond donors (Lipinski definition) is 5. The summed E-state index contributed by atoms with van der Waals surface area (Å²) < 4.78 is 33.7. The Bertz CT molecular complexity index is 930. The van der Waals surface area contributed by atoms with Gasteiger partial charge < -0.3 is 59.5 Å². The van der Waals surface area contributed by atoms with Gasteiger partial charge in [-0.2, -0.15) is 0 Å². The topological polar surface area (TPSA) is 180 Å². The summed E-state index contributed by atoms with van der Waals surface area (Å²) >= 11 is 0. The van der Waals surface area contributed by atoms with Gasteiger partial charge in [-0.15, -0.1) is 0 Å². The fraction of sp³-hybridized carbons (Fsp3) is 0.710. The Labute approximate surface area is 261 Å². The number of nitrogens with zero attached hydrogens (tertiary/aromatic N) is 1. The lowest BCUT2D eigenvalue weighted by molar-refractivity contribution is -0.221. The minimum Gasteiger partial charge on any atom is -0.491 e. The van der Waals surface area contributed by atoms with Crippen LogP contribution in [-0.2, 0) is 34.9 Å². The van der Waals surface area contributed by atoms with Crippen molar-refractivity contribution in [2.75, 3.05) is 66.0 Å². The summed E-state index contributed by atoms with van der Waals surface area (Å²) in [5.74, 6) is 6.70. The van der Waals surface area contributed by atoms with E-state index in [-0.39, 0.29) is 24.3 Å². The van der Waals surface area contributed by atoms with Crippen molar-refractivity contribution in [3.05, 3.63) is 41.7 Å². The molecule has 2 rings (SSSR count). The minimum atomic E-state index is -0.513. The lowest BCUT2D eigenvalue weighted by atomic mass is 10.1. The van der Waals surface area contributed by atoms with Crippen LogP contribution in [0.15, 0.2) is 36.2 Å². The second-order valence-electron chi connectivity index (χ2n) is 11.7. The Morgan fingerprint density at radius 1 is 1.05 bits per heavy atom. The number of hydrogen-bond acceptors (Lipinski definition) is 13. The molecule has 13 heteroatoms. The molecule has 1 saturated heterocycles. The van der Waals surface area contributed by atoms with Crippen LogP contribution in [0.25, 0.3) is 0 Å². The molecule has 4 atom stereocenters. The van der Waals surface area contributed by atoms with E-state index in [4.69, 9.17) is 40.0 Å².